The number of benzene rings is 5. The monoisotopic (exact) mass is 833 g/mol. The fourth-order valence-corrected chi connectivity index (χ4v) is 12.7. The number of nitrogens with zero attached hydrogens (tertiary/aromatic N) is 4. The zero-order chi connectivity index (χ0) is 31.3. The van der Waals surface area contributed by atoms with Crippen LogP contribution in [0.2, 0.25) is 13.1 Å². The van der Waals surface area contributed by atoms with Crippen LogP contribution in [-0.4, -0.2) is 27.0 Å². The molecule has 0 fully saturated rings. The minimum atomic E-state index is -1.89. The number of hydrogen-bond donors (Lipinski definition) is 0. The summed E-state index contributed by atoms with van der Waals surface area (Å²) >= 11 is 1.88. The van der Waals surface area contributed by atoms with Gasteiger partial charge in [0.2, 0.25) is 0 Å². The summed E-state index contributed by atoms with van der Waals surface area (Å²) in [5.74, 6) is 1.22. The SMILES string of the molecule is C[Si]1(C)c2ccccc2Sc2cc3c(cc21)c1cccnc1n3-c1[c-]c(Oc2[c-]c3c(cc2)c2ccccc2n2ccnc32)ccc1.[Pt+2]. The second-order valence-electron chi connectivity index (χ2n) is 12.6. The van der Waals surface area contributed by atoms with E-state index in [2.05, 4.69) is 118 Å². The molecule has 0 aliphatic carbocycles. The van der Waals surface area contributed by atoms with Gasteiger partial charge in [0.05, 0.1) is 11.2 Å². The Morgan fingerprint density at radius 3 is 2.40 bits per heavy atom. The van der Waals surface area contributed by atoms with Crippen LogP contribution >= 0.6 is 11.8 Å². The van der Waals surface area contributed by atoms with Gasteiger partial charge in [-0.2, -0.15) is 6.07 Å². The van der Waals surface area contributed by atoms with Crippen LogP contribution in [0.5, 0.6) is 11.5 Å². The second kappa shape index (κ2) is 10.9. The smallest absolute Gasteiger partial charge is 0.503 e. The molecule has 0 atom stereocenters. The van der Waals surface area contributed by atoms with Crippen molar-refractivity contribution in [1.29, 1.82) is 0 Å². The largest absolute Gasteiger partial charge is 2.00 e. The Morgan fingerprint density at radius 2 is 1.46 bits per heavy atom. The number of fused-ring (bicyclic) bond motifs is 11. The molecule has 232 valence electrons. The van der Waals surface area contributed by atoms with Crippen LogP contribution in [0.3, 0.4) is 0 Å². The van der Waals surface area contributed by atoms with Crippen molar-refractivity contribution >= 4 is 79.5 Å². The first-order chi connectivity index (χ1) is 23.0. The van der Waals surface area contributed by atoms with E-state index in [1.165, 1.54) is 25.6 Å². The maximum Gasteiger partial charge on any atom is 2.00 e. The van der Waals surface area contributed by atoms with Gasteiger partial charge >= 0.3 is 21.1 Å². The molecule has 0 amide bonds. The first-order valence-corrected chi connectivity index (χ1v) is 19.5. The maximum absolute atomic E-state index is 6.46. The molecule has 0 radical (unpaired) electrons. The maximum atomic E-state index is 6.46. The van der Waals surface area contributed by atoms with Crippen molar-refractivity contribution < 1.29 is 25.8 Å². The van der Waals surface area contributed by atoms with Crippen molar-refractivity contribution in [2.45, 2.75) is 22.9 Å². The number of ether oxygens (including phenoxy) is 1. The summed E-state index contributed by atoms with van der Waals surface area (Å²) in [7, 11) is -1.89. The van der Waals surface area contributed by atoms with E-state index >= 15 is 0 Å². The Bertz CT molecular complexity index is 2750. The summed E-state index contributed by atoms with van der Waals surface area (Å²) in [6.45, 7) is 4.93. The van der Waals surface area contributed by atoms with E-state index in [4.69, 9.17) is 9.72 Å². The van der Waals surface area contributed by atoms with Crippen LogP contribution in [0.25, 0.3) is 54.9 Å². The standard InChI is InChI=1S/C40H26N4OSSi.Pt/c1-47(2)37-15-6-5-14-35(37)46-36-24-34-31(23-38(36)47)30-12-8-18-41-40(30)44(34)25-9-7-10-26(21-25)45-27-16-17-28-29-11-3-4-13-33(29)43-20-19-42-39(43)32(28)22-27;/h3-20,23-24H,1-2H3;/q-2;+2. The van der Waals surface area contributed by atoms with Crippen molar-refractivity contribution in [2.24, 2.45) is 0 Å². The average molecular weight is 834 g/mol. The van der Waals surface area contributed by atoms with Crippen molar-refractivity contribution in [3.63, 3.8) is 0 Å². The van der Waals surface area contributed by atoms with E-state index < -0.39 is 8.07 Å². The van der Waals surface area contributed by atoms with Gasteiger partial charge in [0.15, 0.2) is 0 Å². The quantitative estimate of drug-likeness (QED) is 0.102. The Kier molecular flexibility index (Phi) is 6.70. The topological polar surface area (TPSA) is 44.4 Å². The van der Waals surface area contributed by atoms with Crippen molar-refractivity contribution in [3.05, 3.63) is 134 Å². The van der Waals surface area contributed by atoms with Crippen LogP contribution in [0, 0.1) is 12.1 Å². The third-order valence-corrected chi connectivity index (χ3v) is 14.6. The van der Waals surface area contributed by atoms with E-state index in [-0.39, 0.29) is 21.1 Å². The minimum Gasteiger partial charge on any atom is -0.503 e. The fraction of sp³-hybridized carbons (Fsp3) is 0.0500. The average Bonchev–Trinajstić information content (AvgIpc) is 3.72. The van der Waals surface area contributed by atoms with Gasteiger partial charge in [-0.1, -0.05) is 89.8 Å². The summed E-state index contributed by atoms with van der Waals surface area (Å²) in [5, 5.41) is 8.49. The van der Waals surface area contributed by atoms with E-state index in [0.717, 1.165) is 49.6 Å². The molecule has 0 unspecified atom stereocenters. The van der Waals surface area contributed by atoms with Crippen molar-refractivity contribution in [3.8, 4) is 17.2 Å². The zero-order valence-corrected chi connectivity index (χ0v) is 30.1. The van der Waals surface area contributed by atoms with Crippen LogP contribution in [0.4, 0.5) is 0 Å². The summed E-state index contributed by atoms with van der Waals surface area (Å²) in [6.07, 6.45) is 5.69. The zero-order valence-electron chi connectivity index (χ0n) is 26.0. The molecule has 4 aromatic heterocycles. The van der Waals surface area contributed by atoms with Crippen molar-refractivity contribution in [1.82, 2.24) is 18.9 Å². The summed E-state index contributed by atoms with van der Waals surface area (Å²) < 4.78 is 10.8. The third-order valence-electron chi connectivity index (χ3n) is 9.53. The molecule has 0 saturated carbocycles. The first-order valence-electron chi connectivity index (χ1n) is 15.7. The van der Waals surface area contributed by atoms with Gasteiger partial charge in [0, 0.05) is 56.2 Å². The molecule has 1 aliphatic heterocycles. The number of rotatable bonds is 3. The Morgan fingerprint density at radius 1 is 0.646 bits per heavy atom. The molecule has 0 bridgehead atoms. The molecule has 0 spiro atoms. The number of aromatic nitrogens is 4. The van der Waals surface area contributed by atoms with E-state index in [9.17, 15) is 0 Å². The van der Waals surface area contributed by atoms with E-state index in [1.807, 2.05) is 54.6 Å². The summed E-state index contributed by atoms with van der Waals surface area (Å²) in [6, 6.07) is 43.5. The molecular weight excluding hydrogens is 808 g/mol. The van der Waals surface area contributed by atoms with Crippen LogP contribution in [0.15, 0.2) is 132 Å². The third kappa shape index (κ3) is 4.28. The van der Waals surface area contributed by atoms with Gasteiger partial charge in [0.1, 0.15) is 13.7 Å². The van der Waals surface area contributed by atoms with E-state index in [0.29, 0.717) is 11.5 Å². The van der Waals surface area contributed by atoms with Gasteiger partial charge < -0.3 is 13.7 Å². The molecule has 8 heteroatoms. The molecule has 0 N–H and O–H groups in total. The summed E-state index contributed by atoms with van der Waals surface area (Å²) in [4.78, 5) is 12.2. The molecule has 48 heavy (non-hydrogen) atoms. The van der Waals surface area contributed by atoms with Gasteiger partial charge in [-0.25, -0.2) is 4.98 Å². The fourth-order valence-electron chi connectivity index (χ4n) is 7.30. The normalized spacial score (nSPS) is 13.5. The Balaban J connectivity index is 0.00000314. The van der Waals surface area contributed by atoms with Gasteiger partial charge in [-0.05, 0) is 46.1 Å². The van der Waals surface area contributed by atoms with Crippen LogP contribution in [-0.2, 0) is 21.1 Å². The van der Waals surface area contributed by atoms with Crippen LogP contribution in [0.1, 0.15) is 0 Å². The first kappa shape index (κ1) is 29.5. The van der Waals surface area contributed by atoms with Gasteiger partial charge in [-0.15, -0.1) is 30.3 Å². The Hall–Kier alpha value is -4.68. The molecular formula is C40H26N4OPtSSi. The molecule has 9 aromatic rings. The van der Waals surface area contributed by atoms with Gasteiger partial charge in [-0.3, -0.25) is 4.98 Å². The number of hydrogen-bond acceptors (Lipinski definition) is 4. The molecule has 5 heterocycles. The van der Waals surface area contributed by atoms with Crippen LogP contribution < -0.4 is 15.1 Å². The predicted octanol–water partition coefficient (Wildman–Crippen LogP) is 8.81. The number of pyridine rings is 2. The molecule has 10 rings (SSSR count). The number of para-hydroxylation sites is 1. The Labute approximate surface area is 296 Å². The molecule has 0 saturated heterocycles. The predicted molar refractivity (Wildman–Crippen MR) is 194 cm³/mol. The van der Waals surface area contributed by atoms with Gasteiger partial charge in [0.25, 0.3) is 0 Å². The second-order valence-corrected chi connectivity index (χ2v) is 18.0. The molecule has 5 aromatic carbocycles. The minimum absolute atomic E-state index is 0. The van der Waals surface area contributed by atoms with E-state index in [1.54, 1.807) is 0 Å². The molecule has 5 nitrogen and oxygen atoms in total. The van der Waals surface area contributed by atoms with Crippen molar-refractivity contribution in [2.75, 3.05) is 0 Å². The summed E-state index contributed by atoms with van der Waals surface area (Å²) in [5.41, 5.74) is 4.87. The molecule has 1 aliphatic rings. The number of imidazole rings is 1.